The van der Waals surface area contributed by atoms with Gasteiger partial charge in [-0.15, -0.1) is 0 Å². The van der Waals surface area contributed by atoms with Gasteiger partial charge in [0.1, 0.15) is 0 Å². The largest absolute Gasteiger partial charge is 0.478 e. The van der Waals surface area contributed by atoms with Crippen LogP contribution in [0, 0.1) is 0 Å². The highest BCUT2D eigenvalue weighted by molar-refractivity contribution is 7.87. The molecule has 0 unspecified atom stereocenters. The highest BCUT2D eigenvalue weighted by Crippen LogP contribution is 2.19. The van der Waals surface area contributed by atoms with Gasteiger partial charge in [-0.25, -0.2) is 4.79 Å². The Labute approximate surface area is 105 Å². The van der Waals surface area contributed by atoms with Gasteiger partial charge < -0.3 is 5.11 Å². The Morgan fingerprint density at radius 3 is 2.72 bits per heavy atom. The van der Waals surface area contributed by atoms with E-state index >= 15 is 0 Å². The molecule has 1 aliphatic carbocycles. The zero-order chi connectivity index (χ0) is 13.2. The summed E-state index contributed by atoms with van der Waals surface area (Å²) in [5.41, 5.74) is 0.748. The summed E-state index contributed by atoms with van der Waals surface area (Å²) in [5, 5.41) is 8.81. The first-order chi connectivity index (χ1) is 8.46. The Balaban J connectivity index is 1.96. The van der Waals surface area contributed by atoms with E-state index in [0.29, 0.717) is 5.56 Å². The van der Waals surface area contributed by atoms with Gasteiger partial charge in [-0.1, -0.05) is 12.1 Å². The first-order valence-electron chi connectivity index (χ1n) is 5.55. The number of nitrogens with one attached hydrogen (secondary N) is 2. The van der Waals surface area contributed by atoms with Crippen molar-refractivity contribution >= 4 is 16.2 Å². The molecule has 0 spiro atoms. The predicted octanol–water partition coefficient (Wildman–Crippen LogP) is 0.471. The second-order valence-corrected chi connectivity index (χ2v) is 5.75. The molecule has 0 amide bonds. The average molecular weight is 270 g/mol. The Bertz CT molecular complexity index is 552. The van der Waals surface area contributed by atoms with Crippen molar-refractivity contribution in [1.82, 2.24) is 9.44 Å². The molecule has 0 atom stereocenters. The van der Waals surface area contributed by atoms with E-state index in [1.807, 2.05) is 0 Å². The summed E-state index contributed by atoms with van der Waals surface area (Å²) in [6.07, 6.45) is 1.74. The third-order valence-electron chi connectivity index (χ3n) is 2.54. The lowest BCUT2D eigenvalue weighted by Crippen LogP contribution is -2.37. The van der Waals surface area contributed by atoms with E-state index in [2.05, 4.69) is 9.44 Å². The SMILES string of the molecule is O=C(O)c1cccc(CNS(=O)(=O)NC2CC2)c1. The number of aromatic carboxylic acids is 1. The summed E-state index contributed by atoms with van der Waals surface area (Å²) in [6.45, 7) is 0.0726. The number of rotatable bonds is 6. The third-order valence-corrected chi connectivity index (χ3v) is 3.71. The van der Waals surface area contributed by atoms with Crippen LogP contribution in [0.2, 0.25) is 0 Å². The number of benzene rings is 1. The fourth-order valence-corrected chi connectivity index (χ4v) is 2.57. The maximum absolute atomic E-state index is 11.5. The minimum Gasteiger partial charge on any atom is -0.478 e. The fraction of sp³-hybridized carbons (Fsp3) is 0.364. The molecule has 1 saturated carbocycles. The van der Waals surface area contributed by atoms with E-state index in [1.54, 1.807) is 12.1 Å². The van der Waals surface area contributed by atoms with Crippen LogP contribution in [0.3, 0.4) is 0 Å². The van der Waals surface area contributed by atoms with Crippen LogP contribution in [0.4, 0.5) is 0 Å². The predicted molar refractivity (Wildman–Crippen MR) is 65.3 cm³/mol. The van der Waals surface area contributed by atoms with Gasteiger partial charge in [-0.3, -0.25) is 0 Å². The van der Waals surface area contributed by atoms with Gasteiger partial charge in [0, 0.05) is 12.6 Å². The van der Waals surface area contributed by atoms with Gasteiger partial charge in [0.05, 0.1) is 5.56 Å². The van der Waals surface area contributed by atoms with Crippen LogP contribution in [0.1, 0.15) is 28.8 Å². The van der Waals surface area contributed by atoms with Crippen molar-refractivity contribution in [3.05, 3.63) is 35.4 Å². The smallest absolute Gasteiger partial charge is 0.335 e. The molecule has 0 bridgehead atoms. The molecule has 7 heteroatoms. The van der Waals surface area contributed by atoms with Crippen LogP contribution < -0.4 is 9.44 Å². The summed E-state index contributed by atoms with van der Waals surface area (Å²) in [4.78, 5) is 10.8. The van der Waals surface area contributed by atoms with Gasteiger partial charge in [-0.2, -0.15) is 17.9 Å². The molecule has 98 valence electrons. The Morgan fingerprint density at radius 1 is 1.39 bits per heavy atom. The highest BCUT2D eigenvalue weighted by Gasteiger charge is 2.26. The minimum atomic E-state index is -3.50. The van der Waals surface area contributed by atoms with Crippen molar-refractivity contribution in [1.29, 1.82) is 0 Å². The maximum atomic E-state index is 11.5. The van der Waals surface area contributed by atoms with E-state index in [4.69, 9.17) is 5.11 Å². The molecule has 1 fully saturated rings. The van der Waals surface area contributed by atoms with Crippen molar-refractivity contribution < 1.29 is 18.3 Å². The van der Waals surface area contributed by atoms with E-state index in [-0.39, 0.29) is 18.2 Å². The van der Waals surface area contributed by atoms with E-state index in [9.17, 15) is 13.2 Å². The van der Waals surface area contributed by atoms with E-state index in [1.165, 1.54) is 12.1 Å². The molecule has 0 heterocycles. The monoisotopic (exact) mass is 270 g/mol. The lowest BCUT2D eigenvalue weighted by atomic mass is 10.1. The highest BCUT2D eigenvalue weighted by atomic mass is 32.2. The third kappa shape index (κ3) is 3.80. The molecular formula is C11H14N2O4S. The lowest BCUT2D eigenvalue weighted by Gasteiger charge is -2.07. The summed E-state index contributed by atoms with van der Waals surface area (Å²) < 4.78 is 27.9. The number of hydrogen-bond donors (Lipinski definition) is 3. The van der Waals surface area contributed by atoms with Crippen LogP contribution in [0.5, 0.6) is 0 Å². The molecule has 0 aromatic heterocycles. The average Bonchev–Trinajstić information content (AvgIpc) is 3.10. The standard InChI is InChI=1S/C11H14N2O4S/c14-11(15)9-3-1-2-8(6-9)7-12-18(16,17)13-10-4-5-10/h1-3,6,10,12-13H,4-5,7H2,(H,14,15). The Hall–Kier alpha value is -1.44. The van der Waals surface area contributed by atoms with Crippen LogP contribution in [0.25, 0.3) is 0 Å². The van der Waals surface area contributed by atoms with Crippen molar-refractivity contribution in [3.63, 3.8) is 0 Å². The quantitative estimate of drug-likeness (QED) is 0.700. The summed E-state index contributed by atoms with van der Waals surface area (Å²) in [5.74, 6) is -1.03. The zero-order valence-electron chi connectivity index (χ0n) is 9.59. The molecule has 0 saturated heterocycles. The van der Waals surface area contributed by atoms with Gasteiger partial charge in [-0.05, 0) is 30.5 Å². The maximum Gasteiger partial charge on any atom is 0.335 e. The Morgan fingerprint density at radius 2 is 2.11 bits per heavy atom. The van der Waals surface area contributed by atoms with Gasteiger partial charge in [0.2, 0.25) is 0 Å². The molecule has 3 N–H and O–H groups in total. The second kappa shape index (κ2) is 5.05. The van der Waals surface area contributed by atoms with Crippen molar-refractivity contribution in [2.75, 3.05) is 0 Å². The summed E-state index contributed by atoms with van der Waals surface area (Å²) in [7, 11) is -3.50. The summed E-state index contributed by atoms with van der Waals surface area (Å²) >= 11 is 0. The lowest BCUT2D eigenvalue weighted by molar-refractivity contribution is 0.0696. The topological polar surface area (TPSA) is 95.5 Å². The minimum absolute atomic E-state index is 0.0489. The van der Waals surface area contributed by atoms with Gasteiger partial charge in [0.25, 0.3) is 10.2 Å². The van der Waals surface area contributed by atoms with Crippen LogP contribution >= 0.6 is 0 Å². The molecule has 1 aromatic rings. The van der Waals surface area contributed by atoms with Crippen LogP contribution in [0.15, 0.2) is 24.3 Å². The molecule has 2 rings (SSSR count). The van der Waals surface area contributed by atoms with Crippen molar-refractivity contribution in [3.8, 4) is 0 Å². The fourth-order valence-electron chi connectivity index (χ4n) is 1.45. The zero-order valence-corrected chi connectivity index (χ0v) is 10.4. The molecule has 1 aromatic carbocycles. The van der Waals surface area contributed by atoms with Crippen molar-refractivity contribution in [2.45, 2.75) is 25.4 Å². The number of carboxylic acid groups (broad SMARTS) is 1. The summed E-state index contributed by atoms with van der Waals surface area (Å²) in [6, 6.07) is 6.21. The number of hydrogen-bond acceptors (Lipinski definition) is 3. The molecule has 0 radical (unpaired) electrons. The number of carboxylic acids is 1. The molecule has 1 aliphatic rings. The molecule has 6 nitrogen and oxygen atoms in total. The second-order valence-electron chi connectivity index (χ2n) is 4.22. The number of carbonyl (C=O) groups is 1. The first-order valence-corrected chi connectivity index (χ1v) is 7.04. The molecule has 0 aliphatic heterocycles. The van der Waals surface area contributed by atoms with Gasteiger partial charge >= 0.3 is 5.97 Å². The van der Waals surface area contributed by atoms with Crippen LogP contribution in [-0.2, 0) is 16.8 Å². The first kappa shape index (κ1) is 13.0. The van der Waals surface area contributed by atoms with E-state index < -0.39 is 16.2 Å². The van der Waals surface area contributed by atoms with Gasteiger partial charge in [0.15, 0.2) is 0 Å². The molecule has 18 heavy (non-hydrogen) atoms. The molecular weight excluding hydrogens is 256 g/mol. The van der Waals surface area contributed by atoms with Crippen molar-refractivity contribution in [2.24, 2.45) is 0 Å². The van der Waals surface area contributed by atoms with E-state index in [0.717, 1.165) is 12.8 Å². The van der Waals surface area contributed by atoms with Crippen LogP contribution in [-0.4, -0.2) is 25.5 Å². The normalized spacial score (nSPS) is 15.6. The Kier molecular flexibility index (Phi) is 3.65.